The lowest BCUT2D eigenvalue weighted by molar-refractivity contribution is -0.159. The van der Waals surface area contributed by atoms with Crippen molar-refractivity contribution in [1.82, 2.24) is 60.0 Å². The quantitative estimate of drug-likeness (QED) is 0.0199. The van der Waals surface area contributed by atoms with E-state index in [1.54, 1.807) is 59.1 Å². The van der Waals surface area contributed by atoms with E-state index in [9.17, 15) is 110 Å². The number of carboxylic acids is 3. The summed E-state index contributed by atoms with van der Waals surface area (Å²) >= 11 is 0. The summed E-state index contributed by atoms with van der Waals surface area (Å²) in [6, 6.07) is 0. The van der Waals surface area contributed by atoms with Gasteiger partial charge in [0.25, 0.3) is 0 Å². The second-order valence-electron chi connectivity index (χ2n) is 32.6. The van der Waals surface area contributed by atoms with Crippen LogP contribution in [0, 0.1) is 0 Å². The highest BCUT2D eigenvalue weighted by molar-refractivity contribution is 5.98. The smallest absolute Gasteiger partial charge is 0.332 e. The van der Waals surface area contributed by atoms with Gasteiger partial charge in [-0.15, -0.1) is 0 Å². The Balaban J connectivity index is -0.000000531. The van der Waals surface area contributed by atoms with Crippen LogP contribution in [0.15, 0.2) is 85.1 Å². The van der Waals surface area contributed by atoms with Crippen molar-refractivity contribution in [2.75, 3.05) is 126 Å². The summed E-state index contributed by atoms with van der Waals surface area (Å²) in [5.74, 6) is -10.0. The first-order valence-corrected chi connectivity index (χ1v) is 46.9. The molecule has 0 spiro atoms. The van der Waals surface area contributed by atoms with Crippen LogP contribution in [0.1, 0.15) is 266 Å². The number of esters is 8. The predicted octanol–water partition coefficient (Wildman–Crippen LogP) is 7.69. The highest BCUT2D eigenvalue weighted by Crippen LogP contribution is 2.21. The Labute approximate surface area is 864 Å². The number of carbonyl (C=O) groups is 23. The van der Waals surface area contributed by atoms with E-state index in [1.165, 1.54) is 33.8 Å². The summed E-state index contributed by atoms with van der Waals surface area (Å²) in [5, 5.41) is 32.8. The van der Waals surface area contributed by atoms with Crippen LogP contribution in [0.4, 0.5) is 0 Å². The van der Waals surface area contributed by atoms with Crippen LogP contribution in [-0.4, -0.2) is 353 Å². The van der Waals surface area contributed by atoms with Crippen molar-refractivity contribution in [3.05, 3.63) is 85.1 Å². The summed E-state index contributed by atoms with van der Waals surface area (Å²) in [6.45, 7) is 16.6. The molecule has 9 aliphatic heterocycles. The molecule has 0 bridgehead atoms. The summed E-state index contributed by atoms with van der Waals surface area (Å²) in [7, 11) is 2.47. The van der Waals surface area contributed by atoms with Gasteiger partial charge in [0.05, 0.1) is 27.3 Å². The third-order valence-corrected chi connectivity index (χ3v) is 22.0. The molecule has 0 aromatic carbocycles. The van der Waals surface area contributed by atoms with Crippen molar-refractivity contribution in [3.63, 3.8) is 0 Å². The third kappa shape index (κ3) is 62.4. The predicted molar refractivity (Wildman–Crippen MR) is 540 cm³/mol. The average Bonchev–Trinajstić information content (AvgIpc) is 1.75. The van der Waals surface area contributed by atoms with Crippen LogP contribution in [0.2, 0.25) is 0 Å². The summed E-state index contributed by atoms with van der Waals surface area (Å²) in [5.41, 5.74) is 0. The highest BCUT2D eigenvalue weighted by atomic mass is 16.6. The molecule has 9 fully saturated rings. The minimum atomic E-state index is -1.22. The van der Waals surface area contributed by atoms with Crippen LogP contribution < -0.4 is 16.0 Å². The van der Waals surface area contributed by atoms with Gasteiger partial charge in [0.2, 0.25) is 70.9 Å². The van der Waals surface area contributed by atoms with Gasteiger partial charge in [-0.25, -0.2) is 52.7 Å². The lowest BCUT2D eigenvalue weighted by atomic mass is 10.2. The molecular formula is C101H164N12O34. The Bertz CT molecular complexity index is 4100. The molecule has 9 rings (SSSR count). The van der Waals surface area contributed by atoms with Crippen LogP contribution in [0.5, 0.6) is 0 Å². The van der Waals surface area contributed by atoms with Gasteiger partial charge in [-0.05, 0) is 125 Å². The third-order valence-electron chi connectivity index (χ3n) is 22.0. The standard InChI is InChI=1S/C16H23N3O5.C16H22N2O6.C13H20N2O4.C13H19NO5.C12H18N2O4.2C12H17NO5.7CH4/c1-11(18-9-3-5-14(18)21)17-13(20)7-8-16(23)24-12(2)19-10-4-6-15(19)22;1-11(17-9-3-5-13(17)19)23-15(21)7-8-16(22)24-12(2)18-10-4-6-14(18)20;1-19-13(18)7-6-11(16)14-8-10-15-9-4-2-3-5-12(15)17;1-18-12(16)6-7-13(17)19-10-9-14-8-4-2-3-5-11(14)15;15-10(5-6-12(17)18)13-7-9-14-8-3-1-2-4-11(14)16;1-9(18-12(17)7-6-11(15)16)13-8-4-2-3-5-10(13)14;14-10-4-2-1-3-7-13(10)8-9-18-12(17)6-5-11(15)16;;;;;;;/h7-8,11-12H,3-6,9-10H2,1-2H3,(H,17,20);7-8,11-12H,3-6,9-10H2,1-2H3;6-7H,2-5,8-10H2,1H3,(H,14,16);6-7H,2-5,8-10H2,1H3;5-6H,1-4,7-9H2,(H,13,15)(H,17,18);6-7,9H,2-5,8H2,1H3,(H,15,16);5-6H,1-4,7-9H2,(H,15,16);7*1H4. The Hall–Kier alpha value is -14.0. The SMILES string of the molecule is C.C.C.C.C.C.C.CC(NC(=O)C=CC(=O)OC(C)N1CCCC1=O)N1CCCC1=O.CC(OC(=O)C=CC(=O)O)N1CCCCCC1=O.CC(OC(=O)C=CC(=O)OC(C)N1CCCC1=O)N1CCCC1=O.COC(=O)C=CC(=O)NCCN1CCCCCC1=O.COC(=O)C=CC(=O)OCCN1CCCCCC1=O.O=C(O)C=CC(=O)NCCN1CCCCCC1=O.O=C(O)C=CC(=O)OCCN1CCCCCC1=O. The molecule has 0 aromatic rings. The molecule has 46 nitrogen and oxygen atoms in total. The molecule has 0 aliphatic carbocycles. The van der Waals surface area contributed by atoms with E-state index in [4.69, 9.17) is 43.7 Å². The molecule has 5 atom stereocenters. The molecule has 6 N–H and O–H groups in total. The number of amides is 12. The fourth-order valence-corrected chi connectivity index (χ4v) is 14.6. The normalized spacial score (nSPS) is 17.3. The monoisotopic (exact) mass is 2090 g/mol. The minimum Gasteiger partial charge on any atom is -0.478 e. The number of carboxylic acid groups (broad SMARTS) is 3. The van der Waals surface area contributed by atoms with Gasteiger partial charge in [-0.3, -0.25) is 57.5 Å². The van der Waals surface area contributed by atoms with Gasteiger partial charge in [-0.1, -0.05) is 84.1 Å². The number of hydrogen-bond acceptors (Lipinski definition) is 31. The molecule has 5 unspecified atom stereocenters. The number of rotatable bonds is 36. The Morgan fingerprint density at radius 3 is 0.769 bits per heavy atom. The van der Waals surface area contributed by atoms with Crippen molar-refractivity contribution in [1.29, 1.82) is 0 Å². The second-order valence-corrected chi connectivity index (χ2v) is 32.6. The molecule has 9 heterocycles. The van der Waals surface area contributed by atoms with Gasteiger partial charge in [0, 0.05) is 228 Å². The lowest BCUT2D eigenvalue weighted by Crippen LogP contribution is -2.46. The van der Waals surface area contributed by atoms with E-state index < -0.39 is 109 Å². The Morgan fingerprint density at radius 1 is 0.259 bits per heavy atom. The van der Waals surface area contributed by atoms with E-state index in [2.05, 4.69) is 25.4 Å². The largest absolute Gasteiger partial charge is 0.478 e. The molecule has 0 radical (unpaired) electrons. The maximum Gasteiger partial charge on any atom is 0.332 e. The molecule has 46 heteroatoms. The maximum absolute atomic E-state index is 11.8. The van der Waals surface area contributed by atoms with Crippen LogP contribution in [-0.2, 0) is 148 Å². The number of methoxy groups -OCH3 is 2. The van der Waals surface area contributed by atoms with Gasteiger partial charge < -0.3 is 113 Å². The molecule has 9 aliphatic rings. The molecule has 12 amide bonds. The Kier molecular flexibility index (Phi) is 78.1. The van der Waals surface area contributed by atoms with Crippen molar-refractivity contribution in [2.45, 2.75) is 297 Å². The maximum atomic E-state index is 11.8. The first kappa shape index (κ1) is 141. The van der Waals surface area contributed by atoms with Crippen molar-refractivity contribution in [3.8, 4) is 0 Å². The molecule has 147 heavy (non-hydrogen) atoms. The molecular weight excluding hydrogens is 1930 g/mol. The van der Waals surface area contributed by atoms with Crippen LogP contribution >= 0.6 is 0 Å². The summed E-state index contributed by atoms with van der Waals surface area (Å²) < 4.78 is 38.7. The fourth-order valence-electron chi connectivity index (χ4n) is 14.6. The van der Waals surface area contributed by atoms with Crippen molar-refractivity contribution >= 4 is 137 Å². The number of likely N-dealkylation sites (tertiary alicyclic amines) is 9. The van der Waals surface area contributed by atoms with Crippen LogP contribution in [0.25, 0.3) is 0 Å². The number of nitrogens with zero attached hydrogens (tertiary/aromatic N) is 9. The number of ether oxygens (including phenoxy) is 8. The minimum absolute atomic E-state index is 0. The second kappa shape index (κ2) is 81.2. The van der Waals surface area contributed by atoms with Crippen molar-refractivity contribution in [2.24, 2.45) is 0 Å². The zero-order valence-corrected chi connectivity index (χ0v) is 80.8. The van der Waals surface area contributed by atoms with Gasteiger partial charge >= 0.3 is 65.7 Å². The number of nitrogens with one attached hydrogen (secondary N) is 3. The van der Waals surface area contributed by atoms with Crippen LogP contribution in [0.3, 0.4) is 0 Å². The van der Waals surface area contributed by atoms with Gasteiger partial charge in [-0.2, -0.15) is 0 Å². The van der Waals surface area contributed by atoms with Crippen molar-refractivity contribution < 1.29 is 163 Å². The van der Waals surface area contributed by atoms with E-state index >= 15 is 0 Å². The molecule has 0 aromatic heterocycles. The summed E-state index contributed by atoms with van der Waals surface area (Å²) in [6.07, 6.45) is 32.3. The van der Waals surface area contributed by atoms with E-state index in [0.29, 0.717) is 149 Å². The zero-order chi connectivity index (χ0) is 104. The number of carbonyl (C=O) groups excluding carboxylic acids is 20. The molecule has 832 valence electrons. The van der Waals surface area contributed by atoms with E-state index in [1.807, 2.05) is 0 Å². The fraction of sp³-hybridized carbons (Fsp3) is 0.634. The van der Waals surface area contributed by atoms with E-state index in [-0.39, 0.29) is 124 Å². The Morgan fingerprint density at radius 2 is 0.476 bits per heavy atom. The first-order valence-electron chi connectivity index (χ1n) is 46.9. The topological polar surface area (TPSA) is 592 Å². The molecule has 0 saturated carbocycles. The zero-order valence-electron chi connectivity index (χ0n) is 80.8. The molecule has 9 saturated heterocycles. The lowest BCUT2D eigenvalue weighted by Gasteiger charge is -2.27. The van der Waals surface area contributed by atoms with Gasteiger partial charge in [0.15, 0.2) is 24.9 Å². The van der Waals surface area contributed by atoms with Gasteiger partial charge in [0.1, 0.15) is 19.4 Å². The number of hydrogen-bond donors (Lipinski definition) is 6. The highest BCUT2D eigenvalue weighted by Gasteiger charge is 2.32. The number of aliphatic carboxylic acids is 3. The average molecular weight is 2090 g/mol. The van der Waals surface area contributed by atoms with E-state index in [0.717, 1.165) is 214 Å². The first-order chi connectivity index (χ1) is 66.7. The summed E-state index contributed by atoms with van der Waals surface area (Å²) in [4.78, 5) is 274.